The normalized spacial score (nSPS) is 12.5. The number of hydrogen-bond acceptors (Lipinski definition) is 2. The summed E-state index contributed by atoms with van der Waals surface area (Å²) in [7, 11) is 2.15. The number of benzene rings is 3. The molecular weight excluding hydrogens is 362 g/mol. The van der Waals surface area contributed by atoms with Gasteiger partial charge in [0.15, 0.2) is 0 Å². The summed E-state index contributed by atoms with van der Waals surface area (Å²) in [4.78, 5) is 0.989. The first-order valence-electron chi connectivity index (χ1n) is 9.69. The van der Waals surface area contributed by atoms with Crippen molar-refractivity contribution >= 4 is 43.5 Å². The summed E-state index contributed by atoms with van der Waals surface area (Å²) in [6.45, 7) is 9.12. The highest BCUT2D eigenvalue weighted by molar-refractivity contribution is 7.20. The molecule has 5 aromatic rings. The molecule has 3 aromatic carbocycles. The van der Waals surface area contributed by atoms with Crippen LogP contribution in [0.1, 0.15) is 31.9 Å². The fraction of sp³-hybridized carbons (Fsp3) is 0.240. The summed E-state index contributed by atoms with van der Waals surface area (Å²) >= 11 is 1.74. The third-order valence-corrected chi connectivity index (χ3v) is 6.87. The van der Waals surface area contributed by atoms with E-state index in [4.69, 9.17) is 4.42 Å². The summed E-state index contributed by atoms with van der Waals surface area (Å²) in [5, 5.41) is 5.11. The van der Waals surface area contributed by atoms with Crippen molar-refractivity contribution in [2.75, 3.05) is 0 Å². The van der Waals surface area contributed by atoms with Crippen LogP contribution in [0.4, 0.5) is 0 Å². The van der Waals surface area contributed by atoms with E-state index in [1.54, 1.807) is 11.3 Å². The van der Waals surface area contributed by atoms with E-state index >= 15 is 0 Å². The van der Waals surface area contributed by atoms with Crippen molar-refractivity contribution in [3.63, 3.8) is 0 Å². The van der Waals surface area contributed by atoms with E-state index < -0.39 is 0 Å². The average molecular weight is 387 g/mol. The van der Waals surface area contributed by atoms with Crippen LogP contribution in [-0.4, -0.2) is 0 Å². The van der Waals surface area contributed by atoms with E-state index in [0.29, 0.717) is 0 Å². The molecule has 0 saturated heterocycles. The van der Waals surface area contributed by atoms with Crippen molar-refractivity contribution in [2.24, 2.45) is 7.05 Å². The van der Waals surface area contributed by atoms with Crippen molar-refractivity contribution in [3.8, 4) is 10.6 Å². The lowest BCUT2D eigenvalue weighted by molar-refractivity contribution is -0.628. The number of aromatic nitrogens is 1. The standard InChI is InChI=1S/C25H24NOS/c1-15-16-10-6-7-11-17(16)20(25(2,3)4)14-19(15)23-26(5)22-18-12-8-9-13-21(18)27-24(22)28-23/h6-14H,1-5H3/q+1. The second-order valence-corrected chi connectivity index (χ2v) is 9.55. The molecule has 0 N–H and O–H groups in total. The van der Waals surface area contributed by atoms with E-state index in [-0.39, 0.29) is 5.41 Å². The summed E-state index contributed by atoms with van der Waals surface area (Å²) in [5.41, 5.74) is 6.22. The van der Waals surface area contributed by atoms with Gasteiger partial charge >= 0.3 is 0 Å². The molecule has 2 aromatic heterocycles. The number of rotatable bonds is 1. The molecule has 0 radical (unpaired) electrons. The molecule has 2 nitrogen and oxygen atoms in total. The van der Waals surface area contributed by atoms with Crippen LogP contribution >= 0.6 is 11.3 Å². The van der Waals surface area contributed by atoms with Gasteiger partial charge in [0, 0.05) is 0 Å². The zero-order valence-corrected chi connectivity index (χ0v) is 17.8. The molecule has 28 heavy (non-hydrogen) atoms. The first kappa shape index (κ1) is 17.4. The zero-order chi connectivity index (χ0) is 19.6. The Morgan fingerprint density at radius 3 is 2.25 bits per heavy atom. The molecule has 3 heteroatoms. The molecule has 0 aliphatic rings. The molecule has 0 spiro atoms. The number of thiazole rings is 1. The number of fused-ring (bicyclic) bond motifs is 4. The van der Waals surface area contributed by atoms with Gasteiger partial charge in [-0.25, -0.2) is 0 Å². The van der Waals surface area contributed by atoms with Crippen LogP contribution in [0, 0.1) is 6.92 Å². The molecule has 0 fully saturated rings. The molecule has 0 saturated carbocycles. The SMILES string of the molecule is Cc1c(-c2sc3oc4ccccc4c3[n+]2C)cc(C(C)(C)C)c2ccccc12. The van der Waals surface area contributed by atoms with Crippen LogP contribution in [-0.2, 0) is 12.5 Å². The van der Waals surface area contributed by atoms with Crippen molar-refractivity contribution in [3.05, 3.63) is 65.7 Å². The number of furan rings is 1. The van der Waals surface area contributed by atoms with E-state index in [0.717, 1.165) is 10.5 Å². The van der Waals surface area contributed by atoms with Crippen LogP contribution in [0.5, 0.6) is 0 Å². The number of para-hydroxylation sites is 1. The highest BCUT2D eigenvalue weighted by Gasteiger charge is 2.28. The summed E-state index contributed by atoms with van der Waals surface area (Å²) in [5.74, 6) is 0. The van der Waals surface area contributed by atoms with Gasteiger partial charge < -0.3 is 4.42 Å². The Hall–Kier alpha value is -2.65. The second kappa shape index (κ2) is 5.92. The Morgan fingerprint density at radius 1 is 0.893 bits per heavy atom. The van der Waals surface area contributed by atoms with E-state index in [9.17, 15) is 0 Å². The Morgan fingerprint density at radius 2 is 1.54 bits per heavy atom. The Bertz CT molecular complexity index is 1360. The quantitative estimate of drug-likeness (QED) is 0.286. The smallest absolute Gasteiger partial charge is 0.273 e. The van der Waals surface area contributed by atoms with Gasteiger partial charge in [0.25, 0.3) is 15.4 Å². The second-order valence-electron chi connectivity index (χ2n) is 8.59. The van der Waals surface area contributed by atoms with E-state index in [2.05, 4.69) is 81.8 Å². The van der Waals surface area contributed by atoms with Gasteiger partial charge in [-0.05, 0) is 63.8 Å². The summed E-state index contributed by atoms with van der Waals surface area (Å²) in [6, 6.07) is 19.5. The van der Waals surface area contributed by atoms with Crippen molar-refractivity contribution in [2.45, 2.75) is 33.1 Å². The van der Waals surface area contributed by atoms with Gasteiger partial charge in [0.1, 0.15) is 12.6 Å². The first-order chi connectivity index (χ1) is 13.4. The molecule has 0 unspecified atom stereocenters. The van der Waals surface area contributed by atoms with Crippen LogP contribution in [0.2, 0.25) is 0 Å². The predicted octanol–water partition coefficient (Wildman–Crippen LogP) is 6.90. The lowest BCUT2D eigenvalue weighted by atomic mass is 9.81. The molecule has 5 rings (SSSR count). The third kappa shape index (κ3) is 2.43. The van der Waals surface area contributed by atoms with Crippen LogP contribution in [0.3, 0.4) is 0 Å². The fourth-order valence-electron chi connectivity index (χ4n) is 4.25. The van der Waals surface area contributed by atoms with Gasteiger partial charge in [0.05, 0.1) is 10.9 Å². The zero-order valence-electron chi connectivity index (χ0n) is 17.0. The van der Waals surface area contributed by atoms with Gasteiger partial charge in [-0.3, -0.25) is 0 Å². The molecule has 0 aliphatic carbocycles. The van der Waals surface area contributed by atoms with Crippen molar-refractivity contribution in [1.29, 1.82) is 0 Å². The third-order valence-electron chi connectivity index (χ3n) is 5.72. The maximum atomic E-state index is 6.16. The maximum Gasteiger partial charge on any atom is 0.273 e. The number of aryl methyl sites for hydroxylation is 2. The Labute approximate surface area is 169 Å². The Balaban J connectivity index is 1.87. The topological polar surface area (TPSA) is 17.0 Å². The summed E-state index contributed by atoms with van der Waals surface area (Å²) in [6.07, 6.45) is 0. The van der Waals surface area contributed by atoms with Crippen molar-refractivity contribution in [1.82, 2.24) is 0 Å². The number of hydrogen-bond donors (Lipinski definition) is 0. The summed E-state index contributed by atoms with van der Waals surface area (Å²) < 4.78 is 8.46. The lowest BCUT2D eigenvalue weighted by Crippen LogP contribution is -2.28. The van der Waals surface area contributed by atoms with Crippen LogP contribution in [0.25, 0.3) is 42.7 Å². The van der Waals surface area contributed by atoms with Crippen LogP contribution in [0.15, 0.2) is 59.0 Å². The van der Waals surface area contributed by atoms with E-state index in [1.807, 2.05) is 12.1 Å². The van der Waals surface area contributed by atoms with Crippen LogP contribution < -0.4 is 4.57 Å². The highest BCUT2D eigenvalue weighted by atomic mass is 32.1. The van der Waals surface area contributed by atoms with E-state index in [1.165, 1.54) is 43.4 Å². The Kier molecular flexibility index (Phi) is 3.69. The molecule has 0 aliphatic heterocycles. The largest absolute Gasteiger partial charge is 0.439 e. The molecule has 140 valence electrons. The first-order valence-corrected chi connectivity index (χ1v) is 10.5. The van der Waals surface area contributed by atoms with Gasteiger partial charge in [-0.1, -0.05) is 57.2 Å². The maximum absolute atomic E-state index is 6.16. The predicted molar refractivity (Wildman–Crippen MR) is 119 cm³/mol. The molecule has 0 atom stereocenters. The van der Waals surface area contributed by atoms with Gasteiger partial charge in [-0.15, -0.1) is 0 Å². The van der Waals surface area contributed by atoms with Gasteiger partial charge in [-0.2, -0.15) is 4.57 Å². The lowest BCUT2D eigenvalue weighted by Gasteiger charge is -2.23. The molecule has 0 amide bonds. The van der Waals surface area contributed by atoms with Crippen molar-refractivity contribution < 1.29 is 8.98 Å². The minimum Gasteiger partial charge on any atom is -0.439 e. The molecule has 0 bridgehead atoms. The molecule has 2 heterocycles. The highest BCUT2D eigenvalue weighted by Crippen LogP contribution is 2.40. The average Bonchev–Trinajstić information content (AvgIpc) is 3.18. The van der Waals surface area contributed by atoms with Gasteiger partial charge in [0.2, 0.25) is 0 Å². The monoisotopic (exact) mass is 386 g/mol. The number of nitrogens with zero attached hydrogens (tertiary/aromatic N) is 1. The molecular formula is C25H24NOS+. The minimum absolute atomic E-state index is 0.0731. The fourth-order valence-corrected chi connectivity index (χ4v) is 5.45. The minimum atomic E-state index is 0.0731.